The largest absolute Gasteiger partial charge is 0.481 e. The summed E-state index contributed by atoms with van der Waals surface area (Å²) in [7, 11) is 2.76. The number of nitrogens with one attached hydrogen (secondary N) is 1. The molecule has 1 aromatic heterocycles. The van der Waals surface area contributed by atoms with Crippen molar-refractivity contribution in [3.8, 4) is 11.8 Å². The Balaban J connectivity index is 2.72. The molecule has 0 atom stereocenters. The van der Waals surface area contributed by atoms with E-state index < -0.39 is 11.9 Å². The molecule has 1 aromatic rings. The molecule has 0 aliphatic rings. The maximum absolute atomic E-state index is 12.0. The van der Waals surface area contributed by atoms with Crippen LogP contribution in [0, 0.1) is 0 Å². The van der Waals surface area contributed by atoms with Gasteiger partial charge in [-0.15, -0.1) is 0 Å². The quantitative estimate of drug-likeness (QED) is 0.675. The molecule has 0 bridgehead atoms. The summed E-state index contributed by atoms with van der Waals surface area (Å²) < 4.78 is 9.93. The summed E-state index contributed by atoms with van der Waals surface area (Å²) in [5, 5.41) is 11.0. The van der Waals surface area contributed by atoms with Gasteiger partial charge in [0.05, 0.1) is 14.2 Å². The Hall–Kier alpha value is -2.38. The van der Waals surface area contributed by atoms with Gasteiger partial charge in [0.2, 0.25) is 11.8 Å². The van der Waals surface area contributed by atoms with Crippen LogP contribution in [0.4, 0.5) is 0 Å². The average Bonchev–Trinajstić information content (AvgIpc) is 2.42. The molecule has 0 saturated heterocycles. The van der Waals surface area contributed by atoms with Crippen LogP contribution in [0.15, 0.2) is 6.33 Å². The van der Waals surface area contributed by atoms with Gasteiger partial charge in [-0.1, -0.05) is 0 Å². The van der Waals surface area contributed by atoms with Crippen molar-refractivity contribution in [3.63, 3.8) is 0 Å². The lowest BCUT2D eigenvalue weighted by molar-refractivity contribution is -0.137. The zero-order chi connectivity index (χ0) is 14.3. The van der Waals surface area contributed by atoms with E-state index in [2.05, 4.69) is 15.3 Å². The number of hydrogen-bond acceptors (Lipinski definition) is 6. The number of carboxylic acid groups (broad SMARTS) is 1. The van der Waals surface area contributed by atoms with E-state index in [1.54, 1.807) is 0 Å². The van der Waals surface area contributed by atoms with Crippen LogP contribution in [0.5, 0.6) is 11.8 Å². The van der Waals surface area contributed by atoms with Gasteiger partial charge in [-0.3, -0.25) is 9.59 Å². The van der Waals surface area contributed by atoms with Crippen molar-refractivity contribution < 1.29 is 24.2 Å². The standard InChI is InChI=1S/C11H15N3O5/c1-18-10-8(11(19-2)14-6-13-10)9(17)12-5-3-4-7(15)16/h6H,3-5H2,1-2H3,(H,12,17)(H,15,16). The van der Waals surface area contributed by atoms with E-state index in [0.717, 1.165) is 0 Å². The minimum atomic E-state index is -0.910. The molecule has 0 spiro atoms. The van der Waals surface area contributed by atoms with Crippen LogP contribution in [0.1, 0.15) is 23.2 Å². The number of carbonyl (C=O) groups excluding carboxylic acids is 1. The number of ether oxygens (including phenoxy) is 2. The van der Waals surface area contributed by atoms with Crippen LogP contribution in [0.3, 0.4) is 0 Å². The second-order valence-corrected chi connectivity index (χ2v) is 3.52. The first-order valence-electron chi connectivity index (χ1n) is 5.53. The Kier molecular flexibility index (Phi) is 5.52. The van der Waals surface area contributed by atoms with E-state index in [1.165, 1.54) is 20.5 Å². The molecule has 0 radical (unpaired) electrons. The minimum absolute atomic E-state index is 0.0140. The number of carboxylic acids is 1. The number of aliphatic carboxylic acids is 1. The number of rotatable bonds is 7. The summed E-state index contributed by atoms with van der Waals surface area (Å²) in [6, 6.07) is 0. The van der Waals surface area contributed by atoms with Crippen LogP contribution < -0.4 is 14.8 Å². The number of carbonyl (C=O) groups is 2. The normalized spacial score (nSPS) is 9.79. The fraction of sp³-hybridized carbons (Fsp3) is 0.455. The molecule has 8 heteroatoms. The van der Waals surface area contributed by atoms with Crippen molar-refractivity contribution >= 4 is 11.9 Å². The number of methoxy groups -OCH3 is 2. The van der Waals surface area contributed by atoms with Crippen LogP contribution in [0.25, 0.3) is 0 Å². The van der Waals surface area contributed by atoms with Crippen molar-refractivity contribution in [1.82, 2.24) is 15.3 Å². The number of hydrogen-bond donors (Lipinski definition) is 2. The molecule has 8 nitrogen and oxygen atoms in total. The molecule has 19 heavy (non-hydrogen) atoms. The molecule has 0 aliphatic carbocycles. The van der Waals surface area contributed by atoms with E-state index in [9.17, 15) is 9.59 Å². The third-order valence-corrected chi connectivity index (χ3v) is 2.24. The Morgan fingerprint density at radius 1 is 1.26 bits per heavy atom. The topological polar surface area (TPSA) is 111 Å². The molecule has 0 aromatic carbocycles. The van der Waals surface area contributed by atoms with Gasteiger partial charge in [-0.2, -0.15) is 0 Å². The van der Waals surface area contributed by atoms with E-state index >= 15 is 0 Å². The van der Waals surface area contributed by atoms with Crippen molar-refractivity contribution in [2.45, 2.75) is 12.8 Å². The Bertz CT molecular complexity index is 441. The van der Waals surface area contributed by atoms with E-state index in [-0.39, 0.29) is 30.3 Å². The van der Waals surface area contributed by atoms with Crippen molar-refractivity contribution in [3.05, 3.63) is 11.9 Å². The molecular formula is C11H15N3O5. The fourth-order valence-corrected chi connectivity index (χ4v) is 1.39. The van der Waals surface area contributed by atoms with Gasteiger partial charge in [0.15, 0.2) is 5.56 Å². The SMILES string of the molecule is COc1ncnc(OC)c1C(=O)NCCCC(=O)O. The van der Waals surface area contributed by atoms with Crippen molar-refractivity contribution in [2.24, 2.45) is 0 Å². The first kappa shape index (κ1) is 14.7. The number of nitrogens with zero attached hydrogens (tertiary/aromatic N) is 2. The summed E-state index contributed by atoms with van der Waals surface area (Å²) in [6.45, 7) is 0.229. The van der Waals surface area contributed by atoms with E-state index in [0.29, 0.717) is 6.42 Å². The number of amides is 1. The lowest BCUT2D eigenvalue weighted by Gasteiger charge is -2.10. The lowest BCUT2D eigenvalue weighted by atomic mass is 10.2. The van der Waals surface area contributed by atoms with E-state index in [4.69, 9.17) is 14.6 Å². The minimum Gasteiger partial charge on any atom is -0.481 e. The average molecular weight is 269 g/mol. The molecule has 1 rings (SSSR count). The third-order valence-electron chi connectivity index (χ3n) is 2.24. The maximum atomic E-state index is 12.0. The van der Waals surface area contributed by atoms with Gasteiger partial charge in [0.1, 0.15) is 6.33 Å². The second-order valence-electron chi connectivity index (χ2n) is 3.52. The maximum Gasteiger partial charge on any atom is 0.303 e. The lowest BCUT2D eigenvalue weighted by Crippen LogP contribution is -2.26. The van der Waals surface area contributed by atoms with E-state index in [1.807, 2.05) is 0 Å². The zero-order valence-electron chi connectivity index (χ0n) is 10.7. The summed E-state index contributed by atoms with van der Waals surface area (Å²) in [6.07, 6.45) is 1.54. The highest BCUT2D eigenvalue weighted by Gasteiger charge is 2.20. The Labute approximate surface area is 109 Å². The van der Waals surface area contributed by atoms with Gasteiger partial charge < -0.3 is 19.9 Å². The first-order chi connectivity index (χ1) is 9.10. The van der Waals surface area contributed by atoms with Crippen LogP contribution in [0.2, 0.25) is 0 Å². The predicted octanol–water partition coefficient (Wildman–Crippen LogP) is 0.0884. The van der Waals surface area contributed by atoms with Gasteiger partial charge in [-0.05, 0) is 6.42 Å². The van der Waals surface area contributed by atoms with Gasteiger partial charge in [0, 0.05) is 13.0 Å². The monoisotopic (exact) mass is 269 g/mol. The highest BCUT2D eigenvalue weighted by atomic mass is 16.5. The van der Waals surface area contributed by atoms with Gasteiger partial charge >= 0.3 is 5.97 Å². The summed E-state index contributed by atoms with van der Waals surface area (Å²) in [5.41, 5.74) is 0.0859. The molecular weight excluding hydrogens is 254 g/mol. The molecule has 1 heterocycles. The zero-order valence-corrected chi connectivity index (χ0v) is 10.7. The second kappa shape index (κ2) is 7.14. The molecule has 2 N–H and O–H groups in total. The van der Waals surface area contributed by atoms with Gasteiger partial charge in [-0.25, -0.2) is 9.97 Å². The fourth-order valence-electron chi connectivity index (χ4n) is 1.39. The smallest absolute Gasteiger partial charge is 0.303 e. The van der Waals surface area contributed by atoms with Crippen LogP contribution in [-0.4, -0.2) is 47.7 Å². The molecule has 1 amide bonds. The Morgan fingerprint density at radius 3 is 2.32 bits per heavy atom. The van der Waals surface area contributed by atoms with Gasteiger partial charge in [0.25, 0.3) is 5.91 Å². The summed E-state index contributed by atoms with van der Waals surface area (Å²) in [4.78, 5) is 29.9. The molecule has 0 saturated carbocycles. The molecule has 0 unspecified atom stereocenters. The highest BCUT2D eigenvalue weighted by molar-refractivity contribution is 5.98. The highest BCUT2D eigenvalue weighted by Crippen LogP contribution is 2.22. The van der Waals surface area contributed by atoms with Crippen molar-refractivity contribution in [2.75, 3.05) is 20.8 Å². The number of aromatic nitrogens is 2. The summed E-state index contributed by atoms with van der Waals surface area (Å²) >= 11 is 0. The first-order valence-corrected chi connectivity index (χ1v) is 5.53. The van der Waals surface area contributed by atoms with Crippen molar-refractivity contribution in [1.29, 1.82) is 0 Å². The summed E-state index contributed by atoms with van der Waals surface area (Å²) in [5.74, 6) is -1.18. The van der Waals surface area contributed by atoms with Crippen LogP contribution in [-0.2, 0) is 4.79 Å². The Morgan fingerprint density at radius 2 is 1.84 bits per heavy atom. The molecule has 0 aliphatic heterocycles. The molecule has 104 valence electrons. The predicted molar refractivity (Wildman–Crippen MR) is 64.3 cm³/mol. The van der Waals surface area contributed by atoms with Crippen LogP contribution >= 0.6 is 0 Å². The molecule has 0 fully saturated rings. The third kappa shape index (κ3) is 4.09.